The van der Waals surface area contributed by atoms with Crippen LogP contribution in [0.1, 0.15) is 45.7 Å². The van der Waals surface area contributed by atoms with E-state index in [1.54, 1.807) is 6.92 Å². The van der Waals surface area contributed by atoms with Crippen LogP contribution in [0.4, 0.5) is 0 Å². The smallest absolute Gasteiger partial charge is 0.136 e. The highest BCUT2D eigenvalue weighted by Crippen LogP contribution is 2.18. The predicted molar refractivity (Wildman–Crippen MR) is 93.3 cm³/mol. The van der Waals surface area contributed by atoms with Gasteiger partial charge in [0.2, 0.25) is 0 Å². The molecular weight excluding hydrogens is 286 g/mol. The molecule has 0 bridgehead atoms. The van der Waals surface area contributed by atoms with Gasteiger partial charge < -0.3 is 0 Å². The van der Waals surface area contributed by atoms with Gasteiger partial charge in [0.1, 0.15) is 11.6 Å². The van der Waals surface area contributed by atoms with E-state index >= 15 is 0 Å². The topological polar surface area (TPSA) is 47.0 Å². The molecule has 0 aliphatic carbocycles. The summed E-state index contributed by atoms with van der Waals surface area (Å²) >= 11 is 0. The standard InChI is InChI=1S/C20H25NO2/c1-14(16(3)22)8-9-15(2)20(23)11-10-19-12-17-6-4-5-7-18(17)13-21-19/h4-7,12-15H,8-11H2,1-3H3. The van der Waals surface area contributed by atoms with Crippen molar-refractivity contribution in [1.82, 2.24) is 4.98 Å². The minimum absolute atomic E-state index is 0.0113. The molecule has 0 radical (unpaired) electrons. The molecule has 1 heterocycles. The first-order valence-corrected chi connectivity index (χ1v) is 8.34. The summed E-state index contributed by atoms with van der Waals surface area (Å²) in [5.41, 5.74) is 0.960. The van der Waals surface area contributed by atoms with Gasteiger partial charge in [-0.05, 0) is 37.6 Å². The van der Waals surface area contributed by atoms with Crippen molar-refractivity contribution >= 4 is 22.3 Å². The number of aryl methyl sites for hydroxylation is 1. The number of aromatic nitrogens is 1. The van der Waals surface area contributed by atoms with E-state index in [0.717, 1.165) is 29.3 Å². The van der Waals surface area contributed by atoms with E-state index in [2.05, 4.69) is 17.1 Å². The number of ketones is 2. The van der Waals surface area contributed by atoms with Crippen LogP contribution >= 0.6 is 0 Å². The zero-order valence-electron chi connectivity index (χ0n) is 14.2. The van der Waals surface area contributed by atoms with E-state index < -0.39 is 0 Å². The molecule has 1 aromatic carbocycles. The number of nitrogens with zero attached hydrogens (tertiary/aromatic N) is 1. The average molecular weight is 311 g/mol. The molecule has 0 spiro atoms. The molecule has 2 rings (SSSR count). The van der Waals surface area contributed by atoms with Crippen LogP contribution in [0.25, 0.3) is 10.8 Å². The summed E-state index contributed by atoms with van der Waals surface area (Å²) in [6, 6.07) is 10.2. The van der Waals surface area contributed by atoms with Gasteiger partial charge in [0, 0.05) is 35.5 Å². The average Bonchev–Trinajstić information content (AvgIpc) is 2.56. The Labute approximate surface area is 138 Å². The highest BCUT2D eigenvalue weighted by Gasteiger charge is 2.16. The summed E-state index contributed by atoms with van der Waals surface area (Å²) in [7, 11) is 0. The number of pyridine rings is 1. The molecule has 2 unspecified atom stereocenters. The third-order valence-corrected chi connectivity index (χ3v) is 4.59. The van der Waals surface area contributed by atoms with Gasteiger partial charge in [0.25, 0.3) is 0 Å². The zero-order chi connectivity index (χ0) is 16.8. The van der Waals surface area contributed by atoms with Gasteiger partial charge in [-0.3, -0.25) is 14.6 Å². The van der Waals surface area contributed by atoms with E-state index in [1.807, 2.05) is 38.2 Å². The lowest BCUT2D eigenvalue weighted by Gasteiger charge is -2.13. The highest BCUT2D eigenvalue weighted by atomic mass is 16.1. The fourth-order valence-corrected chi connectivity index (χ4v) is 2.63. The van der Waals surface area contributed by atoms with Gasteiger partial charge >= 0.3 is 0 Å². The minimum Gasteiger partial charge on any atom is -0.300 e. The Morgan fingerprint density at radius 1 is 1.04 bits per heavy atom. The van der Waals surface area contributed by atoms with Crippen molar-refractivity contribution in [2.24, 2.45) is 11.8 Å². The van der Waals surface area contributed by atoms with Crippen molar-refractivity contribution < 1.29 is 9.59 Å². The van der Waals surface area contributed by atoms with Crippen LogP contribution < -0.4 is 0 Å². The van der Waals surface area contributed by atoms with Crippen LogP contribution in [-0.4, -0.2) is 16.6 Å². The molecule has 0 saturated heterocycles. The summed E-state index contributed by atoms with van der Waals surface area (Å²) in [6.45, 7) is 5.50. The summed E-state index contributed by atoms with van der Waals surface area (Å²) in [5, 5.41) is 2.28. The van der Waals surface area contributed by atoms with Crippen LogP contribution in [0.3, 0.4) is 0 Å². The van der Waals surface area contributed by atoms with E-state index in [9.17, 15) is 9.59 Å². The fourth-order valence-electron chi connectivity index (χ4n) is 2.63. The molecule has 2 aromatic rings. The SMILES string of the molecule is CC(=O)C(C)CCC(C)C(=O)CCc1cc2ccccc2cn1. The second-order valence-electron chi connectivity index (χ2n) is 6.48. The van der Waals surface area contributed by atoms with Crippen molar-refractivity contribution in [3.05, 3.63) is 42.2 Å². The van der Waals surface area contributed by atoms with Crippen molar-refractivity contribution in [2.75, 3.05) is 0 Å². The van der Waals surface area contributed by atoms with E-state index in [-0.39, 0.29) is 23.4 Å². The first-order valence-electron chi connectivity index (χ1n) is 8.34. The Bertz CT molecular complexity index is 693. The first kappa shape index (κ1) is 17.3. The molecule has 122 valence electrons. The molecule has 0 aliphatic heterocycles. The van der Waals surface area contributed by atoms with Crippen molar-refractivity contribution in [3.8, 4) is 0 Å². The number of carbonyl (C=O) groups excluding carboxylic acids is 2. The van der Waals surface area contributed by atoms with E-state index in [0.29, 0.717) is 12.8 Å². The lowest BCUT2D eigenvalue weighted by molar-refractivity contribution is -0.124. The normalized spacial score (nSPS) is 13.7. The van der Waals surface area contributed by atoms with Gasteiger partial charge in [-0.25, -0.2) is 0 Å². The van der Waals surface area contributed by atoms with Gasteiger partial charge in [0.05, 0.1) is 0 Å². The van der Waals surface area contributed by atoms with Gasteiger partial charge in [-0.1, -0.05) is 38.1 Å². The molecule has 0 fully saturated rings. The summed E-state index contributed by atoms with van der Waals surface area (Å²) in [5.74, 6) is 0.519. The van der Waals surface area contributed by atoms with E-state index in [1.165, 1.54) is 0 Å². The van der Waals surface area contributed by atoms with Gasteiger partial charge in [0.15, 0.2) is 0 Å². The molecule has 2 atom stereocenters. The molecule has 1 aromatic heterocycles. The third kappa shape index (κ3) is 4.98. The van der Waals surface area contributed by atoms with Crippen LogP contribution in [0.2, 0.25) is 0 Å². The largest absolute Gasteiger partial charge is 0.300 e. The maximum atomic E-state index is 12.2. The van der Waals surface area contributed by atoms with Gasteiger partial charge in [-0.2, -0.15) is 0 Å². The second kappa shape index (κ2) is 8.00. The van der Waals surface area contributed by atoms with Crippen LogP contribution in [0.5, 0.6) is 0 Å². The molecule has 3 nitrogen and oxygen atoms in total. The number of Topliss-reactive ketones (excluding diaryl/α,β-unsaturated/α-hetero) is 2. The molecule has 3 heteroatoms. The molecule has 0 amide bonds. The number of fused-ring (bicyclic) bond motifs is 1. The fraction of sp³-hybridized carbons (Fsp3) is 0.450. The van der Waals surface area contributed by atoms with Crippen molar-refractivity contribution in [3.63, 3.8) is 0 Å². The molecule has 0 saturated carbocycles. The molecular formula is C20H25NO2. The first-order chi connectivity index (χ1) is 11.0. The Hall–Kier alpha value is -2.03. The molecule has 0 N–H and O–H groups in total. The Balaban J connectivity index is 1.86. The Morgan fingerprint density at radius 2 is 1.70 bits per heavy atom. The predicted octanol–water partition coefficient (Wildman–Crippen LogP) is 4.38. The van der Waals surface area contributed by atoms with Crippen LogP contribution in [0, 0.1) is 11.8 Å². The quantitative estimate of drug-likeness (QED) is 0.727. The lowest BCUT2D eigenvalue weighted by atomic mass is 9.91. The Morgan fingerprint density at radius 3 is 2.39 bits per heavy atom. The third-order valence-electron chi connectivity index (χ3n) is 4.59. The summed E-state index contributed by atoms with van der Waals surface area (Å²) in [6.07, 6.45) is 4.63. The van der Waals surface area contributed by atoms with Crippen molar-refractivity contribution in [1.29, 1.82) is 0 Å². The zero-order valence-corrected chi connectivity index (χ0v) is 14.2. The van der Waals surface area contributed by atoms with Crippen LogP contribution in [0.15, 0.2) is 36.5 Å². The summed E-state index contributed by atoms with van der Waals surface area (Å²) < 4.78 is 0. The number of hydrogen-bond donors (Lipinski definition) is 0. The second-order valence-corrected chi connectivity index (χ2v) is 6.48. The van der Waals surface area contributed by atoms with Crippen LogP contribution in [-0.2, 0) is 16.0 Å². The highest BCUT2D eigenvalue weighted by molar-refractivity contribution is 5.83. The minimum atomic E-state index is 0.0113. The monoisotopic (exact) mass is 311 g/mol. The number of carbonyl (C=O) groups is 2. The molecule has 0 aliphatic rings. The van der Waals surface area contributed by atoms with Crippen molar-refractivity contribution in [2.45, 2.75) is 46.5 Å². The number of rotatable bonds is 8. The van der Waals surface area contributed by atoms with Gasteiger partial charge in [-0.15, -0.1) is 0 Å². The van der Waals surface area contributed by atoms with E-state index in [4.69, 9.17) is 0 Å². The lowest BCUT2D eigenvalue weighted by Crippen LogP contribution is -2.15. The number of benzene rings is 1. The Kier molecular flexibility index (Phi) is 6.03. The molecule has 23 heavy (non-hydrogen) atoms. The number of hydrogen-bond acceptors (Lipinski definition) is 3. The summed E-state index contributed by atoms with van der Waals surface area (Å²) in [4.78, 5) is 27.9. The maximum Gasteiger partial charge on any atom is 0.136 e. The maximum absolute atomic E-state index is 12.2.